The Balaban J connectivity index is 1.45. The van der Waals surface area contributed by atoms with Crippen molar-refractivity contribution in [3.63, 3.8) is 0 Å². The van der Waals surface area contributed by atoms with Gasteiger partial charge >= 0.3 is 0 Å². The molecular weight excluding hydrogens is 358 g/mol. The first-order chi connectivity index (χ1) is 12.5. The lowest BCUT2D eigenvalue weighted by atomic mass is 9.93. The summed E-state index contributed by atoms with van der Waals surface area (Å²) in [5, 5.41) is 1.02. The lowest BCUT2D eigenvalue weighted by molar-refractivity contribution is -0.0535. The van der Waals surface area contributed by atoms with Crippen molar-refractivity contribution < 1.29 is 13.5 Å². The molecule has 8 heteroatoms. The fourth-order valence-corrected chi connectivity index (χ4v) is 4.51. The number of rotatable bonds is 3. The number of nitrogens with two attached hydrogens (primary N) is 1. The van der Waals surface area contributed by atoms with Gasteiger partial charge in [-0.2, -0.15) is 0 Å². The molecule has 0 spiro atoms. The summed E-state index contributed by atoms with van der Waals surface area (Å²) in [6.07, 6.45) is 2.08. The first-order valence-electron chi connectivity index (χ1n) is 8.62. The molecule has 1 aromatic carbocycles. The molecule has 1 aromatic heterocycles. The molecule has 140 valence electrons. The highest BCUT2D eigenvalue weighted by Gasteiger charge is 2.37. The highest BCUT2D eigenvalue weighted by molar-refractivity contribution is 7.98. The first-order valence-corrected chi connectivity index (χ1v) is 9.85. The van der Waals surface area contributed by atoms with E-state index < -0.39 is 17.7 Å². The zero-order chi connectivity index (χ0) is 18.4. The third-order valence-corrected chi connectivity index (χ3v) is 6.06. The molecular formula is C18H22F2N4OS. The minimum Gasteiger partial charge on any atom is -0.370 e. The van der Waals surface area contributed by atoms with Gasteiger partial charge in [0.1, 0.15) is 17.7 Å². The Morgan fingerprint density at radius 1 is 1.31 bits per heavy atom. The van der Waals surface area contributed by atoms with Crippen LogP contribution in [0.2, 0.25) is 0 Å². The van der Waals surface area contributed by atoms with Gasteiger partial charge in [-0.15, -0.1) is 0 Å². The van der Waals surface area contributed by atoms with Gasteiger partial charge in [-0.25, -0.2) is 13.8 Å². The Kier molecular flexibility index (Phi) is 4.77. The molecule has 2 aliphatic rings. The minimum absolute atomic E-state index is 0.143. The smallest absolute Gasteiger partial charge is 0.167 e. The molecule has 0 amide bonds. The van der Waals surface area contributed by atoms with Crippen molar-refractivity contribution in [2.45, 2.75) is 42.9 Å². The molecule has 0 aliphatic carbocycles. The lowest BCUT2D eigenvalue weighted by Crippen LogP contribution is -2.47. The number of benzene rings is 1. The molecule has 5 nitrogen and oxygen atoms in total. The van der Waals surface area contributed by atoms with Gasteiger partial charge in [-0.05, 0) is 30.9 Å². The third-order valence-electron chi connectivity index (χ3n) is 5.33. The van der Waals surface area contributed by atoms with Crippen molar-refractivity contribution in [2.75, 3.05) is 12.9 Å². The van der Waals surface area contributed by atoms with Gasteiger partial charge in [-0.3, -0.25) is 4.90 Å². The summed E-state index contributed by atoms with van der Waals surface area (Å²) in [4.78, 5) is 6.98. The van der Waals surface area contributed by atoms with Gasteiger partial charge in [0, 0.05) is 37.8 Å². The number of thioether (sulfide) groups is 1. The number of fused-ring (bicyclic) bond motifs is 1. The number of imidazole rings is 1. The van der Waals surface area contributed by atoms with Crippen LogP contribution in [0.3, 0.4) is 0 Å². The van der Waals surface area contributed by atoms with Gasteiger partial charge in [-0.1, -0.05) is 11.8 Å². The molecule has 3 heterocycles. The van der Waals surface area contributed by atoms with Crippen LogP contribution in [-0.4, -0.2) is 39.4 Å². The van der Waals surface area contributed by atoms with E-state index in [1.807, 2.05) is 13.3 Å². The second-order valence-corrected chi connectivity index (χ2v) is 7.70. The SMILES string of the molecule is CSc1nc2c(n1C)CN(C1CO[C@H](c3cc(F)ccc3F)C(N)C1)C2. The van der Waals surface area contributed by atoms with Crippen molar-refractivity contribution in [3.05, 3.63) is 46.8 Å². The summed E-state index contributed by atoms with van der Waals surface area (Å²) in [5.41, 5.74) is 8.80. The zero-order valence-electron chi connectivity index (χ0n) is 14.8. The maximum Gasteiger partial charge on any atom is 0.167 e. The summed E-state index contributed by atoms with van der Waals surface area (Å²) in [5.74, 6) is -0.960. The minimum atomic E-state index is -0.617. The summed E-state index contributed by atoms with van der Waals surface area (Å²) in [6, 6.07) is 3.17. The molecule has 2 unspecified atom stereocenters. The van der Waals surface area contributed by atoms with Crippen molar-refractivity contribution in [2.24, 2.45) is 12.8 Å². The fraction of sp³-hybridized carbons (Fsp3) is 0.500. The number of hydrogen-bond acceptors (Lipinski definition) is 5. The molecule has 26 heavy (non-hydrogen) atoms. The molecule has 2 aliphatic heterocycles. The molecule has 0 radical (unpaired) electrons. The van der Waals surface area contributed by atoms with Crippen LogP contribution in [0.5, 0.6) is 0 Å². The second-order valence-electron chi connectivity index (χ2n) is 6.93. The van der Waals surface area contributed by atoms with E-state index in [1.165, 1.54) is 11.8 Å². The van der Waals surface area contributed by atoms with E-state index in [2.05, 4.69) is 14.5 Å². The maximum atomic E-state index is 14.1. The Morgan fingerprint density at radius 3 is 2.81 bits per heavy atom. The van der Waals surface area contributed by atoms with E-state index in [0.29, 0.717) is 13.0 Å². The van der Waals surface area contributed by atoms with Crippen molar-refractivity contribution in [1.82, 2.24) is 14.5 Å². The molecule has 0 saturated carbocycles. The monoisotopic (exact) mass is 380 g/mol. The van der Waals surface area contributed by atoms with Gasteiger partial charge in [0.2, 0.25) is 0 Å². The van der Waals surface area contributed by atoms with E-state index in [0.717, 1.165) is 36.1 Å². The largest absolute Gasteiger partial charge is 0.370 e. The normalized spacial score (nSPS) is 26.3. The number of nitrogens with zero attached hydrogens (tertiary/aromatic N) is 3. The number of ether oxygens (including phenoxy) is 1. The van der Waals surface area contributed by atoms with Crippen molar-refractivity contribution in [1.29, 1.82) is 0 Å². The number of halogens is 2. The average molecular weight is 380 g/mol. The molecule has 1 saturated heterocycles. The van der Waals surface area contributed by atoms with Crippen LogP contribution in [0.4, 0.5) is 8.78 Å². The van der Waals surface area contributed by atoms with Crippen LogP contribution in [0.1, 0.15) is 29.5 Å². The van der Waals surface area contributed by atoms with Gasteiger partial charge < -0.3 is 15.0 Å². The summed E-state index contributed by atoms with van der Waals surface area (Å²) >= 11 is 1.64. The van der Waals surface area contributed by atoms with E-state index in [9.17, 15) is 8.78 Å². The van der Waals surface area contributed by atoms with E-state index in [-0.39, 0.29) is 17.6 Å². The molecule has 0 bridgehead atoms. The fourth-order valence-electron chi connectivity index (χ4n) is 3.92. The standard InChI is InChI=1S/C18H22F2N4OS/c1-23-16-8-24(7-15(16)22-18(23)26-2)11-6-14(21)17(25-9-11)12-5-10(19)3-4-13(12)20/h3-5,11,14,17H,6-9,21H2,1-2H3/t11?,14?,17-/m1/s1. The van der Waals surface area contributed by atoms with E-state index >= 15 is 0 Å². The van der Waals surface area contributed by atoms with Crippen LogP contribution in [0, 0.1) is 11.6 Å². The van der Waals surface area contributed by atoms with Gasteiger partial charge in [0.15, 0.2) is 5.16 Å². The first kappa shape index (κ1) is 17.9. The quantitative estimate of drug-likeness (QED) is 0.830. The van der Waals surface area contributed by atoms with Crippen molar-refractivity contribution >= 4 is 11.8 Å². The maximum absolute atomic E-state index is 14.1. The molecule has 2 aromatic rings. The van der Waals surface area contributed by atoms with Gasteiger partial charge in [0.05, 0.1) is 18.0 Å². The Labute approximate surface area is 155 Å². The summed E-state index contributed by atoms with van der Waals surface area (Å²) in [7, 11) is 2.03. The Bertz CT molecular complexity index is 828. The third kappa shape index (κ3) is 3.05. The molecule has 3 atom stereocenters. The zero-order valence-corrected chi connectivity index (χ0v) is 15.6. The van der Waals surface area contributed by atoms with E-state index in [4.69, 9.17) is 10.5 Å². The lowest BCUT2D eigenvalue weighted by Gasteiger charge is -2.38. The van der Waals surface area contributed by atoms with Crippen LogP contribution in [-0.2, 0) is 24.9 Å². The molecule has 1 fully saturated rings. The van der Waals surface area contributed by atoms with Crippen LogP contribution in [0.15, 0.2) is 23.4 Å². The van der Waals surface area contributed by atoms with Gasteiger partial charge in [0.25, 0.3) is 0 Å². The molecule has 4 rings (SSSR count). The Hall–Kier alpha value is -1.48. The van der Waals surface area contributed by atoms with Crippen LogP contribution < -0.4 is 5.73 Å². The van der Waals surface area contributed by atoms with Crippen LogP contribution >= 0.6 is 11.8 Å². The van der Waals surface area contributed by atoms with E-state index in [1.54, 1.807) is 11.8 Å². The predicted octanol–water partition coefficient (Wildman–Crippen LogP) is 2.59. The number of aromatic nitrogens is 2. The van der Waals surface area contributed by atoms with Crippen molar-refractivity contribution in [3.8, 4) is 0 Å². The highest BCUT2D eigenvalue weighted by atomic mass is 32.2. The summed E-state index contributed by atoms with van der Waals surface area (Å²) < 4.78 is 35.6. The Morgan fingerprint density at radius 2 is 2.12 bits per heavy atom. The second kappa shape index (κ2) is 6.92. The number of hydrogen-bond donors (Lipinski definition) is 1. The highest BCUT2D eigenvalue weighted by Crippen LogP contribution is 2.34. The van der Waals surface area contributed by atoms with Crippen LogP contribution in [0.25, 0.3) is 0 Å². The summed E-state index contributed by atoms with van der Waals surface area (Å²) in [6.45, 7) is 2.01. The molecule has 2 N–H and O–H groups in total. The predicted molar refractivity (Wildman–Crippen MR) is 95.7 cm³/mol. The average Bonchev–Trinajstić information content (AvgIpc) is 3.16. The topological polar surface area (TPSA) is 56.3 Å².